The van der Waals surface area contributed by atoms with E-state index in [0.29, 0.717) is 24.2 Å². The summed E-state index contributed by atoms with van der Waals surface area (Å²) in [6, 6.07) is 10.4. The second-order valence-corrected chi connectivity index (χ2v) is 6.15. The van der Waals surface area contributed by atoms with E-state index in [1.807, 2.05) is 35.2 Å². The van der Waals surface area contributed by atoms with Gasteiger partial charge < -0.3 is 4.57 Å². The highest BCUT2D eigenvalue weighted by molar-refractivity contribution is 7.89. The lowest BCUT2D eigenvalue weighted by molar-refractivity contribution is 0.572. The molecule has 0 aliphatic carbocycles. The molecule has 1 heterocycles. The predicted octanol–water partition coefficient (Wildman–Crippen LogP) is 1.65. The molecule has 0 atom stereocenters. The molecule has 6 heteroatoms. The van der Waals surface area contributed by atoms with Crippen molar-refractivity contribution in [2.45, 2.75) is 18.4 Å². The SMILES string of the molecule is Cc1ccc(C#N)cc1S(=O)(=O)NCCn1cccc1. The fourth-order valence-electron chi connectivity index (χ4n) is 1.87. The van der Waals surface area contributed by atoms with Gasteiger partial charge in [-0.1, -0.05) is 6.07 Å². The first kappa shape index (κ1) is 14.3. The van der Waals surface area contributed by atoms with Crippen molar-refractivity contribution in [2.75, 3.05) is 6.54 Å². The summed E-state index contributed by atoms with van der Waals surface area (Å²) in [6.07, 6.45) is 3.74. The zero-order chi connectivity index (χ0) is 14.6. The molecule has 2 aromatic rings. The molecule has 0 spiro atoms. The highest BCUT2D eigenvalue weighted by Crippen LogP contribution is 2.16. The zero-order valence-electron chi connectivity index (χ0n) is 11.1. The second kappa shape index (κ2) is 5.90. The van der Waals surface area contributed by atoms with Crippen LogP contribution in [0.4, 0.5) is 0 Å². The number of sulfonamides is 1. The van der Waals surface area contributed by atoms with Gasteiger partial charge >= 0.3 is 0 Å². The van der Waals surface area contributed by atoms with E-state index in [9.17, 15) is 8.42 Å². The molecule has 104 valence electrons. The van der Waals surface area contributed by atoms with Crippen LogP contribution >= 0.6 is 0 Å². The predicted molar refractivity (Wildman–Crippen MR) is 75.5 cm³/mol. The van der Waals surface area contributed by atoms with Crippen LogP contribution in [0.5, 0.6) is 0 Å². The van der Waals surface area contributed by atoms with Gasteiger partial charge in [-0.25, -0.2) is 13.1 Å². The average molecular weight is 289 g/mol. The summed E-state index contributed by atoms with van der Waals surface area (Å²) in [5.41, 5.74) is 0.957. The van der Waals surface area contributed by atoms with Crippen LogP contribution in [0.15, 0.2) is 47.6 Å². The van der Waals surface area contributed by atoms with Gasteiger partial charge in [-0.05, 0) is 36.8 Å². The number of nitrogens with zero attached hydrogens (tertiary/aromatic N) is 2. The van der Waals surface area contributed by atoms with Crippen molar-refractivity contribution in [1.29, 1.82) is 5.26 Å². The molecule has 20 heavy (non-hydrogen) atoms. The molecule has 0 radical (unpaired) electrons. The van der Waals surface area contributed by atoms with Crippen molar-refractivity contribution in [3.05, 3.63) is 53.9 Å². The van der Waals surface area contributed by atoms with Gasteiger partial charge in [-0.3, -0.25) is 0 Å². The third-order valence-corrected chi connectivity index (χ3v) is 4.54. The zero-order valence-corrected chi connectivity index (χ0v) is 11.9. The van der Waals surface area contributed by atoms with Gasteiger partial charge in [0.15, 0.2) is 0 Å². The van der Waals surface area contributed by atoms with Crippen LogP contribution in [0.3, 0.4) is 0 Å². The average Bonchev–Trinajstić information content (AvgIpc) is 2.92. The van der Waals surface area contributed by atoms with Crippen molar-refractivity contribution < 1.29 is 8.42 Å². The third-order valence-electron chi connectivity index (χ3n) is 2.94. The lowest BCUT2D eigenvalue weighted by atomic mass is 10.2. The molecule has 0 aliphatic heterocycles. The van der Waals surface area contributed by atoms with Crippen LogP contribution in [-0.4, -0.2) is 19.5 Å². The molecular weight excluding hydrogens is 274 g/mol. The maximum absolute atomic E-state index is 12.2. The number of rotatable bonds is 5. The van der Waals surface area contributed by atoms with E-state index < -0.39 is 10.0 Å². The summed E-state index contributed by atoms with van der Waals surface area (Å²) in [7, 11) is -3.59. The summed E-state index contributed by atoms with van der Waals surface area (Å²) in [6.45, 7) is 2.57. The molecule has 0 amide bonds. The van der Waals surface area contributed by atoms with E-state index in [1.165, 1.54) is 6.07 Å². The number of hydrogen-bond acceptors (Lipinski definition) is 3. The molecule has 1 aromatic carbocycles. The van der Waals surface area contributed by atoms with Gasteiger partial charge in [0.05, 0.1) is 16.5 Å². The van der Waals surface area contributed by atoms with Gasteiger partial charge in [0.2, 0.25) is 10.0 Å². The Morgan fingerprint density at radius 3 is 2.65 bits per heavy atom. The first-order valence-electron chi connectivity index (χ1n) is 6.14. The quantitative estimate of drug-likeness (QED) is 0.909. The molecule has 0 aliphatic rings. The van der Waals surface area contributed by atoms with Crippen molar-refractivity contribution in [3.63, 3.8) is 0 Å². The first-order valence-corrected chi connectivity index (χ1v) is 7.62. The lowest BCUT2D eigenvalue weighted by Crippen LogP contribution is -2.27. The Balaban J connectivity index is 2.12. The van der Waals surface area contributed by atoms with Crippen molar-refractivity contribution in [2.24, 2.45) is 0 Å². The normalized spacial score (nSPS) is 11.2. The minimum Gasteiger partial charge on any atom is -0.353 e. The lowest BCUT2D eigenvalue weighted by Gasteiger charge is -2.10. The standard InChI is InChI=1S/C14H15N3O2S/c1-12-4-5-13(11-15)10-14(12)20(18,19)16-6-9-17-7-2-3-8-17/h2-5,7-8,10,16H,6,9H2,1H3. The molecular formula is C14H15N3O2S. The third kappa shape index (κ3) is 3.26. The van der Waals surface area contributed by atoms with Gasteiger partial charge in [-0.15, -0.1) is 0 Å². The molecule has 0 saturated carbocycles. The number of benzene rings is 1. The van der Waals surface area contributed by atoms with Gasteiger partial charge in [0.25, 0.3) is 0 Å². The smallest absolute Gasteiger partial charge is 0.240 e. The largest absolute Gasteiger partial charge is 0.353 e. The minimum atomic E-state index is -3.59. The number of aromatic nitrogens is 1. The van der Waals surface area contributed by atoms with Crippen LogP contribution in [0.25, 0.3) is 0 Å². The molecule has 2 rings (SSSR count). The molecule has 0 fully saturated rings. The fourth-order valence-corrected chi connectivity index (χ4v) is 3.15. The highest BCUT2D eigenvalue weighted by atomic mass is 32.2. The van der Waals surface area contributed by atoms with Crippen molar-refractivity contribution in [1.82, 2.24) is 9.29 Å². The summed E-state index contributed by atoms with van der Waals surface area (Å²) < 4.78 is 28.9. The number of nitrogens with one attached hydrogen (secondary N) is 1. The monoisotopic (exact) mass is 289 g/mol. The number of aryl methyl sites for hydroxylation is 1. The molecule has 0 saturated heterocycles. The number of hydrogen-bond donors (Lipinski definition) is 1. The first-order chi connectivity index (χ1) is 9.53. The van der Waals surface area contributed by atoms with Gasteiger partial charge in [0, 0.05) is 25.5 Å². The minimum absolute atomic E-state index is 0.157. The Morgan fingerprint density at radius 1 is 1.30 bits per heavy atom. The van der Waals surface area contributed by atoms with Crippen LogP contribution in [-0.2, 0) is 16.6 Å². The maximum atomic E-state index is 12.2. The van der Waals surface area contributed by atoms with E-state index >= 15 is 0 Å². The van der Waals surface area contributed by atoms with Gasteiger partial charge in [0.1, 0.15) is 0 Å². The summed E-state index contributed by atoms with van der Waals surface area (Å²) in [5, 5.41) is 8.85. The molecule has 1 aromatic heterocycles. The highest BCUT2D eigenvalue weighted by Gasteiger charge is 2.16. The molecule has 0 bridgehead atoms. The van der Waals surface area contributed by atoms with Crippen LogP contribution < -0.4 is 4.72 Å². The Labute approximate surface area is 118 Å². The Bertz CT molecular complexity index is 728. The molecule has 0 unspecified atom stereocenters. The van der Waals surface area contributed by atoms with E-state index in [1.54, 1.807) is 19.1 Å². The Hall–Kier alpha value is -2.10. The van der Waals surface area contributed by atoms with Crippen LogP contribution in [0.2, 0.25) is 0 Å². The topological polar surface area (TPSA) is 74.9 Å². The molecule has 1 N–H and O–H groups in total. The Kier molecular flexibility index (Phi) is 4.23. The van der Waals surface area contributed by atoms with E-state index in [2.05, 4.69) is 4.72 Å². The van der Waals surface area contributed by atoms with Crippen LogP contribution in [0, 0.1) is 18.3 Å². The van der Waals surface area contributed by atoms with E-state index in [4.69, 9.17) is 5.26 Å². The fraction of sp³-hybridized carbons (Fsp3) is 0.214. The summed E-state index contributed by atoms with van der Waals surface area (Å²) >= 11 is 0. The second-order valence-electron chi connectivity index (χ2n) is 4.41. The number of nitriles is 1. The Morgan fingerprint density at radius 2 is 2.00 bits per heavy atom. The summed E-state index contributed by atoms with van der Waals surface area (Å²) in [4.78, 5) is 0.157. The van der Waals surface area contributed by atoms with Crippen molar-refractivity contribution in [3.8, 4) is 6.07 Å². The molecule has 5 nitrogen and oxygen atoms in total. The van der Waals surface area contributed by atoms with Crippen LogP contribution in [0.1, 0.15) is 11.1 Å². The summed E-state index contributed by atoms with van der Waals surface area (Å²) in [5.74, 6) is 0. The van der Waals surface area contributed by atoms with Gasteiger partial charge in [-0.2, -0.15) is 5.26 Å². The van der Waals surface area contributed by atoms with E-state index in [0.717, 1.165) is 0 Å². The maximum Gasteiger partial charge on any atom is 0.240 e. The van der Waals surface area contributed by atoms with E-state index in [-0.39, 0.29) is 4.90 Å². The van der Waals surface area contributed by atoms with Crippen molar-refractivity contribution >= 4 is 10.0 Å².